The fraction of sp³-hybridized carbons (Fsp3) is 0.263. The molecule has 1 fully saturated rings. The highest BCUT2D eigenvalue weighted by molar-refractivity contribution is 6.44. The van der Waals surface area contributed by atoms with Crippen LogP contribution in [0.5, 0.6) is 0 Å². The summed E-state index contributed by atoms with van der Waals surface area (Å²) in [5.74, 6) is -1.88. The largest absolute Gasteiger partial charge is 0.369 e. The number of carbonyl (C=O) groups excluding carboxylic acids is 2. The molecule has 152 valence electrons. The van der Waals surface area contributed by atoms with Gasteiger partial charge in [0.2, 0.25) is 0 Å². The second-order valence-corrected chi connectivity index (χ2v) is 7.07. The highest BCUT2D eigenvalue weighted by atomic mass is 35.5. The van der Waals surface area contributed by atoms with Gasteiger partial charge in [-0.05, 0) is 37.4 Å². The number of halogens is 1. The standard InChI is InChI=1S/C19H20ClN5O4/c1-23-8-10-24(11-9-23)14-4-2-13(3-5-14)21-18(26)19(27)22-17-12-15(25(28)29)6-7-16(17)20/h2-7,12H,8-11H2,1H3,(H,21,26)(H,22,27). The predicted octanol–water partition coefficient (Wildman–Crippen LogP) is 2.58. The zero-order chi connectivity index (χ0) is 21.0. The Bertz CT molecular complexity index is 927. The fourth-order valence-electron chi connectivity index (χ4n) is 2.91. The molecule has 1 saturated heterocycles. The van der Waals surface area contributed by atoms with Crippen LogP contribution in [0.2, 0.25) is 5.02 Å². The summed E-state index contributed by atoms with van der Waals surface area (Å²) in [4.78, 5) is 39.0. The maximum absolute atomic E-state index is 12.2. The van der Waals surface area contributed by atoms with Crippen molar-refractivity contribution >= 4 is 46.2 Å². The van der Waals surface area contributed by atoms with Gasteiger partial charge in [-0.25, -0.2) is 0 Å². The summed E-state index contributed by atoms with van der Waals surface area (Å²) in [7, 11) is 2.09. The average molecular weight is 418 g/mol. The molecule has 0 spiro atoms. The summed E-state index contributed by atoms with van der Waals surface area (Å²) >= 11 is 5.93. The van der Waals surface area contributed by atoms with Crippen molar-refractivity contribution in [3.8, 4) is 0 Å². The number of hydrogen-bond acceptors (Lipinski definition) is 6. The Morgan fingerprint density at radius 3 is 2.24 bits per heavy atom. The molecular formula is C19H20ClN5O4. The minimum Gasteiger partial charge on any atom is -0.369 e. The number of carbonyl (C=O) groups is 2. The number of anilines is 3. The Morgan fingerprint density at radius 2 is 1.62 bits per heavy atom. The van der Waals surface area contributed by atoms with Gasteiger partial charge in [-0.15, -0.1) is 0 Å². The number of non-ortho nitro benzene ring substituents is 1. The monoisotopic (exact) mass is 417 g/mol. The number of likely N-dealkylation sites (N-methyl/N-ethyl adjacent to an activating group) is 1. The lowest BCUT2D eigenvalue weighted by molar-refractivity contribution is -0.384. The van der Waals surface area contributed by atoms with Gasteiger partial charge in [0, 0.05) is 49.7 Å². The van der Waals surface area contributed by atoms with Crippen LogP contribution in [0.4, 0.5) is 22.7 Å². The molecule has 0 unspecified atom stereocenters. The number of nitro groups is 1. The molecule has 1 aliphatic heterocycles. The highest BCUT2D eigenvalue weighted by Gasteiger charge is 2.18. The molecule has 1 heterocycles. The summed E-state index contributed by atoms with van der Waals surface area (Å²) in [6, 6.07) is 10.8. The number of piperazine rings is 1. The summed E-state index contributed by atoms with van der Waals surface area (Å²) in [6.07, 6.45) is 0. The molecule has 0 radical (unpaired) electrons. The van der Waals surface area contributed by atoms with Gasteiger partial charge < -0.3 is 20.4 Å². The van der Waals surface area contributed by atoms with Gasteiger partial charge >= 0.3 is 11.8 Å². The summed E-state index contributed by atoms with van der Waals surface area (Å²) in [5.41, 5.74) is 1.26. The molecule has 0 atom stereocenters. The maximum Gasteiger partial charge on any atom is 0.314 e. The molecule has 2 amide bonds. The fourth-order valence-corrected chi connectivity index (χ4v) is 3.07. The molecule has 0 saturated carbocycles. The third-order valence-electron chi connectivity index (χ3n) is 4.61. The van der Waals surface area contributed by atoms with Crippen molar-refractivity contribution in [2.24, 2.45) is 0 Å². The first-order chi connectivity index (χ1) is 13.8. The first-order valence-electron chi connectivity index (χ1n) is 8.93. The van der Waals surface area contributed by atoms with Crippen LogP contribution in [0.3, 0.4) is 0 Å². The molecular weight excluding hydrogens is 398 g/mol. The number of nitro benzene ring substituents is 1. The molecule has 0 aliphatic carbocycles. The second-order valence-electron chi connectivity index (χ2n) is 6.67. The van der Waals surface area contributed by atoms with E-state index in [1.165, 1.54) is 12.1 Å². The zero-order valence-corrected chi connectivity index (χ0v) is 16.5. The molecule has 3 rings (SSSR count). The van der Waals surface area contributed by atoms with Crippen molar-refractivity contribution in [2.75, 3.05) is 48.8 Å². The minimum atomic E-state index is -0.976. The Kier molecular flexibility index (Phi) is 6.30. The van der Waals surface area contributed by atoms with E-state index >= 15 is 0 Å². The van der Waals surface area contributed by atoms with Crippen molar-refractivity contribution in [3.05, 3.63) is 57.6 Å². The molecule has 10 heteroatoms. The highest BCUT2D eigenvalue weighted by Crippen LogP contribution is 2.26. The van der Waals surface area contributed by atoms with Crippen LogP contribution < -0.4 is 15.5 Å². The van der Waals surface area contributed by atoms with E-state index in [2.05, 4.69) is 27.5 Å². The maximum atomic E-state index is 12.2. The van der Waals surface area contributed by atoms with Gasteiger partial charge in [-0.2, -0.15) is 0 Å². The van der Waals surface area contributed by atoms with E-state index in [1.54, 1.807) is 12.1 Å². The Balaban J connectivity index is 1.60. The van der Waals surface area contributed by atoms with Crippen LogP contribution in [0, 0.1) is 10.1 Å². The summed E-state index contributed by atoms with van der Waals surface area (Å²) < 4.78 is 0. The second kappa shape index (κ2) is 8.89. The number of hydrogen-bond donors (Lipinski definition) is 2. The molecule has 0 bridgehead atoms. The lowest BCUT2D eigenvalue weighted by Gasteiger charge is -2.34. The normalized spacial score (nSPS) is 14.3. The van der Waals surface area contributed by atoms with E-state index in [0.717, 1.165) is 37.9 Å². The van der Waals surface area contributed by atoms with Crippen molar-refractivity contribution in [1.29, 1.82) is 0 Å². The van der Waals surface area contributed by atoms with Gasteiger partial charge in [0.1, 0.15) is 0 Å². The third-order valence-corrected chi connectivity index (χ3v) is 4.94. The van der Waals surface area contributed by atoms with E-state index in [-0.39, 0.29) is 16.4 Å². The van der Waals surface area contributed by atoms with E-state index in [0.29, 0.717) is 5.69 Å². The van der Waals surface area contributed by atoms with E-state index in [1.807, 2.05) is 12.1 Å². The Hall–Kier alpha value is -3.17. The van der Waals surface area contributed by atoms with Crippen molar-refractivity contribution < 1.29 is 14.5 Å². The van der Waals surface area contributed by atoms with E-state index < -0.39 is 16.7 Å². The van der Waals surface area contributed by atoms with Gasteiger partial charge in [0.05, 0.1) is 15.6 Å². The first kappa shape index (κ1) is 20.6. The zero-order valence-electron chi connectivity index (χ0n) is 15.7. The molecule has 0 aromatic heterocycles. The molecule has 9 nitrogen and oxygen atoms in total. The average Bonchev–Trinajstić information content (AvgIpc) is 2.70. The van der Waals surface area contributed by atoms with Crippen LogP contribution in [0.25, 0.3) is 0 Å². The molecule has 2 aromatic rings. The molecule has 1 aliphatic rings. The summed E-state index contributed by atoms with van der Waals surface area (Å²) in [6.45, 7) is 3.82. The van der Waals surface area contributed by atoms with E-state index in [9.17, 15) is 19.7 Å². The van der Waals surface area contributed by atoms with Crippen molar-refractivity contribution in [3.63, 3.8) is 0 Å². The minimum absolute atomic E-state index is 0.00793. The summed E-state index contributed by atoms with van der Waals surface area (Å²) in [5, 5.41) is 15.7. The van der Waals surface area contributed by atoms with Gasteiger partial charge in [0.25, 0.3) is 5.69 Å². The van der Waals surface area contributed by atoms with Crippen LogP contribution in [0.15, 0.2) is 42.5 Å². The number of nitrogens with one attached hydrogen (secondary N) is 2. The van der Waals surface area contributed by atoms with Crippen LogP contribution in [0.1, 0.15) is 0 Å². The molecule has 29 heavy (non-hydrogen) atoms. The lowest BCUT2D eigenvalue weighted by Crippen LogP contribution is -2.44. The van der Waals surface area contributed by atoms with Crippen molar-refractivity contribution in [1.82, 2.24) is 4.90 Å². The quantitative estimate of drug-likeness (QED) is 0.449. The number of amides is 2. The number of rotatable bonds is 4. The van der Waals surface area contributed by atoms with Crippen LogP contribution in [-0.4, -0.2) is 54.9 Å². The van der Waals surface area contributed by atoms with Crippen LogP contribution >= 0.6 is 11.6 Å². The number of benzene rings is 2. The predicted molar refractivity (Wildman–Crippen MR) is 112 cm³/mol. The molecule has 2 aromatic carbocycles. The van der Waals surface area contributed by atoms with E-state index in [4.69, 9.17) is 11.6 Å². The van der Waals surface area contributed by atoms with Crippen molar-refractivity contribution in [2.45, 2.75) is 0 Å². The third kappa shape index (κ3) is 5.21. The Labute approximate surface area is 172 Å². The Morgan fingerprint density at radius 1 is 1.00 bits per heavy atom. The smallest absolute Gasteiger partial charge is 0.314 e. The van der Waals surface area contributed by atoms with Gasteiger partial charge in [-0.3, -0.25) is 19.7 Å². The lowest BCUT2D eigenvalue weighted by atomic mass is 10.2. The first-order valence-corrected chi connectivity index (χ1v) is 9.31. The number of nitrogens with zero attached hydrogens (tertiary/aromatic N) is 3. The van der Waals surface area contributed by atoms with Gasteiger partial charge in [0.15, 0.2) is 0 Å². The van der Waals surface area contributed by atoms with Crippen LogP contribution in [-0.2, 0) is 9.59 Å². The molecule has 2 N–H and O–H groups in total. The topological polar surface area (TPSA) is 108 Å². The SMILES string of the molecule is CN1CCN(c2ccc(NC(=O)C(=O)Nc3cc([N+](=O)[O-])ccc3Cl)cc2)CC1. The van der Waals surface area contributed by atoms with Gasteiger partial charge in [-0.1, -0.05) is 11.6 Å².